The molecule has 1 aromatic carbocycles. The number of hydrogen-bond acceptors (Lipinski definition) is 5. The minimum absolute atomic E-state index is 0.197. The van der Waals surface area contributed by atoms with Crippen LogP contribution in [0.25, 0.3) is 0 Å². The summed E-state index contributed by atoms with van der Waals surface area (Å²) in [6.45, 7) is 3.30. The summed E-state index contributed by atoms with van der Waals surface area (Å²) in [5, 5.41) is 16.4. The number of carbonyl (C=O) groups is 1. The molecule has 0 aliphatic carbocycles. The van der Waals surface area contributed by atoms with Crippen LogP contribution in [0.3, 0.4) is 0 Å². The molecule has 0 saturated carbocycles. The molecule has 0 aliphatic heterocycles. The third-order valence-electron chi connectivity index (χ3n) is 3.51. The predicted octanol–water partition coefficient (Wildman–Crippen LogP) is 2.22. The summed E-state index contributed by atoms with van der Waals surface area (Å²) >= 11 is 0. The van der Waals surface area contributed by atoms with Crippen LogP contribution in [-0.2, 0) is 11.2 Å². The highest BCUT2D eigenvalue weighted by molar-refractivity contribution is 5.76. The van der Waals surface area contributed by atoms with Gasteiger partial charge in [0.2, 0.25) is 11.8 Å². The number of nitrogens with one attached hydrogen (secondary N) is 1. The van der Waals surface area contributed by atoms with Gasteiger partial charge < -0.3 is 14.9 Å². The number of benzene rings is 1. The fourth-order valence-corrected chi connectivity index (χ4v) is 2.23. The van der Waals surface area contributed by atoms with Crippen LogP contribution >= 0.6 is 0 Å². The minimum atomic E-state index is -1.14. The Labute approximate surface area is 137 Å². The molecular weight excluding hydrogens is 320 g/mol. The van der Waals surface area contributed by atoms with Gasteiger partial charge in [-0.2, -0.15) is 4.98 Å². The average molecular weight is 339 g/mol. The summed E-state index contributed by atoms with van der Waals surface area (Å²) in [5.74, 6) is -1.29. The van der Waals surface area contributed by atoms with E-state index in [0.717, 1.165) is 12.1 Å². The molecular formula is C16H19F2N3O3. The minimum Gasteiger partial charge on any atom is -0.386 e. The highest BCUT2D eigenvalue weighted by Gasteiger charge is 2.19. The Balaban J connectivity index is 1.80. The number of halogens is 2. The van der Waals surface area contributed by atoms with E-state index in [1.54, 1.807) is 13.8 Å². The van der Waals surface area contributed by atoms with E-state index in [1.807, 2.05) is 0 Å². The molecule has 0 bridgehead atoms. The van der Waals surface area contributed by atoms with Crippen molar-refractivity contribution in [1.82, 2.24) is 15.5 Å². The average Bonchev–Trinajstić information content (AvgIpc) is 2.94. The van der Waals surface area contributed by atoms with Crippen LogP contribution in [0.1, 0.15) is 43.1 Å². The highest BCUT2D eigenvalue weighted by atomic mass is 19.2. The van der Waals surface area contributed by atoms with Crippen molar-refractivity contribution in [2.45, 2.75) is 45.3 Å². The van der Waals surface area contributed by atoms with Gasteiger partial charge in [-0.05, 0) is 38.0 Å². The van der Waals surface area contributed by atoms with Gasteiger partial charge in [-0.15, -0.1) is 0 Å². The summed E-state index contributed by atoms with van der Waals surface area (Å²) in [7, 11) is 0. The molecule has 2 atom stereocenters. The Morgan fingerprint density at radius 3 is 2.75 bits per heavy atom. The highest BCUT2D eigenvalue weighted by Crippen LogP contribution is 2.19. The van der Waals surface area contributed by atoms with Gasteiger partial charge in [-0.3, -0.25) is 4.79 Å². The fraction of sp³-hybridized carbons (Fsp3) is 0.438. The van der Waals surface area contributed by atoms with Crippen molar-refractivity contribution in [2.24, 2.45) is 0 Å². The van der Waals surface area contributed by atoms with Gasteiger partial charge in [0.1, 0.15) is 0 Å². The van der Waals surface area contributed by atoms with E-state index in [1.165, 1.54) is 6.07 Å². The van der Waals surface area contributed by atoms with E-state index in [2.05, 4.69) is 15.5 Å². The van der Waals surface area contributed by atoms with Crippen molar-refractivity contribution in [3.63, 3.8) is 0 Å². The van der Waals surface area contributed by atoms with Crippen molar-refractivity contribution in [2.75, 3.05) is 0 Å². The zero-order valence-electron chi connectivity index (χ0n) is 13.4. The zero-order chi connectivity index (χ0) is 17.7. The first-order valence-corrected chi connectivity index (χ1v) is 7.58. The molecule has 1 amide bonds. The second kappa shape index (κ2) is 7.96. The zero-order valence-corrected chi connectivity index (χ0v) is 13.4. The maximum absolute atomic E-state index is 13.2. The predicted molar refractivity (Wildman–Crippen MR) is 80.9 cm³/mol. The van der Waals surface area contributed by atoms with Crippen LogP contribution in [0.5, 0.6) is 0 Å². The lowest BCUT2D eigenvalue weighted by molar-refractivity contribution is -0.122. The molecule has 0 aliphatic rings. The molecule has 0 saturated heterocycles. The van der Waals surface area contributed by atoms with Gasteiger partial charge in [0.05, 0.1) is 12.1 Å². The number of nitrogens with zero attached hydrogens (tertiary/aromatic N) is 2. The van der Waals surface area contributed by atoms with E-state index in [9.17, 15) is 18.7 Å². The Morgan fingerprint density at radius 2 is 2.12 bits per heavy atom. The molecule has 0 spiro atoms. The van der Waals surface area contributed by atoms with Gasteiger partial charge in [0, 0.05) is 12.8 Å². The smallest absolute Gasteiger partial charge is 0.226 e. The first-order chi connectivity index (χ1) is 11.4. The van der Waals surface area contributed by atoms with E-state index in [0.29, 0.717) is 24.6 Å². The molecule has 2 unspecified atom stereocenters. The molecule has 2 aromatic rings. The largest absolute Gasteiger partial charge is 0.386 e. The van der Waals surface area contributed by atoms with Gasteiger partial charge in [-0.1, -0.05) is 11.2 Å². The summed E-state index contributed by atoms with van der Waals surface area (Å²) < 4.78 is 31.1. The number of amides is 1. The quantitative estimate of drug-likeness (QED) is 0.807. The Morgan fingerprint density at radius 1 is 1.38 bits per heavy atom. The van der Waals surface area contributed by atoms with Crippen LogP contribution < -0.4 is 5.32 Å². The monoisotopic (exact) mass is 339 g/mol. The lowest BCUT2D eigenvalue weighted by Gasteiger charge is -2.20. The van der Waals surface area contributed by atoms with Crippen LogP contribution in [0.4, 0.5) is 8.78 Å². The Kier molecular flexibility index (Phi) is 5.97. The number of carbonyl (C=O) groups excluding carboxylic acids is 1. The third-order valence-corrected chi connectivity index (χ3v) is 3.51. The summed E-state index contributed by atoms with van der Waals surface area (Å²) in [6, 6.07) is 2.49. The van der Waals surface area contributed by atoms with Crippen molar-refractivity contribution >= 4 is 5.91 Å². The molecule has 8 heteroatoms. The lowest BCUT2D eigenvalue weighted by atomic mass is 10.0. The lowest BCUT2D eigenvalue weighted by Crippen LogP contribution is -2.37. The number of hydrogen-bond donors (Lipinski definition) is 2. The van der Waals surface area contributed by atoms with E-state index < -0.39 is 23.8 Å². The summed E-state index contributed by atoms with van der Waals surface area (Å²) in [6.07, 6.45) is 0.0779. The molecule has 6 nitrogen and oxygen atoms in total. The normalized spacial score (nSPS) is 13.5. The van der Waals surface area contributed by atoms with Crippen molar-refractivity contribution in [1.29, 1.82) is 0 Å². The van der Waals surface area contributed by atoms with Gasteiger partial charge >= 0.3 is 0 Å². The maximum atomic E-state index is 13.2. The first-order valence-electron chi connectivity index (χ1n) is 7.58. The van der Waals surface area contributed by atoms with Crippen LogP contribution in [0, 0.1) is 18.6 Å². The molecule has 2 rings (SSSR count). The maximum Gasteiger partial charge on any atom is 0.226 e. The van der Waals surface area contributed by atoms with Gasteiger partial charge in [0.15, 0.2) is 17.5 Å². The van der Waals surface area contributed by atoms with E-state index in [4.69, 9.17) is 4.52 Å². The summed E-state index contributed by atoms with van der Waals surface area (Å²) in [4.78, 5) is 15.9. The second-order valence-electron chi connectivity index (χ2n) is 5.56. The van der Waals surface area contributed by atoms with Crippen LogP contribution in [0.15, 0.2) is 22.7 Å². The van der Waals surface area contributed by atoms with Gasteiger partial charge in [-0.25, -0.2) is 8.78 Å². The topological polar surface area (TPSA) is 88.2 Å². The molecule has 24 heavy (non-hydrogen) atoms. The van der Waals surface area contributed by atoms with Gasteiger partial charge in [0.25, 0.3) is 0 Å². The van der Waals surface area contributed by atoms with E-state index >= 15 is 0 Å². The SMILES string of the molecule is Cc1noc(CCCC(=O)NC(C)C(O)c2ccc(F)c(F)c2)n1. The second-order valence-corrected chi connectivity index (χ2v) is 5.56. The summed E-state index contributed by atoms with van der Waals surface area (Å²) in [5.41, 5.74) is 0.197. The van der Waals surface area contributed by atoms with E-state index in [-0.39, 0.29) is 17.9 Å². The molecule has 2 N–H and O–H groups in total. The molecule has 0 fully saturated rings. The molecule has 1 heterocycles. The Bertz CT molecular complexity index is 706. The number of aryl methyl sites for hydroxylation is 2. The van der Waals surface area contributed by atoms with Crippen molar-refractivity contribution in [3.8, 4) is 0 Å². The number of rotatable bonds is 7. The van der Waals surface area contributed by atoms with Crippen molar-refractivity contribution in [3.05, 3.63) is 47.1 Å². The van der Waals surface area contributed by atoms with Crippen LogP contribution in [-0.4, -0.2) is 27.2 Å². The standard InChI is InChI=1S/C16H19F2N3O3/c1-9(16(23)11-6-7-12(17)13(18)8-11)19-14(22)4-3-5-15-20-10(2)21-24-15/h6-9,16,23H,3-5H2,1-2H3,(H,19,22). The molecule has 1 aromatic heterocycles. The number of aromatic nitrogens is 2. The van der Waals surface area contributed by atoms with Crippen molar-refractivity contribution < 1.29 is 23.2 Å². The Hall–Kier alpha value is -2.35. The van der Waals surface area contributed by atoms with Crippen LogP contribution in [0.2, 0.25) is 0 Å². The fourth-order valence-electron chi connectivity index (χ4n) is 2.23. The molecule has 130 valence electrons. The number of aliphatic hydroxyl groups excluding tert-OH is 1. The first kappa shape index (κ1) is 18.0. The molecule has 0 radical (unpaired) electrons. The third kappa shape index (κ3) is 4.82. The number of aliphatic hydroxyl groups is 1.